The molecule has 2 aromatic rings. The molecule has 0 saturated carbocycles. The molecule has 0 atom stereocenters. The van der Waals surface area contributed by atoms with Gasteiger partial charge in [-0.25, -0.2) is 17.6 Å². The highest BCUT2D eigenvalue weighted by molar-refractivity contribution is 9.10. The van der Waals surface area contributed by atoms with Crippen LogP contribution in [0.2, 0.25) is 0 Å². The molecule has 2 heterocycles. The molecule has 1 amide bonds. The number of piperazine rings is 1. The molecule has 2 aliphatic rings. The smallest absolute Gasteiger partial charge is 0.219 e. The molecular formula is C24H27Br2F4N3OS. The summed E-state index contributed by atoms with van der Waals surface area (Å²) < 4.78 is 55.4. The molecule has 2 aromatic carbocycles. The van der Waals surface area contributed by atoms with E-state index in [0.29, 0.717) is 41.7 Å². The zero-order valence-corrected chi connectivity index (χ0v) is 23.3. The second-order valence-electron chi connectivity index (χ2n) is 8.37. The van der Waals surface area contributed by atoms with E-state index in [2.05, 4.69) is 36.8 Å². The Bertz CT molecular complexity index is 986. The van der Waals surface area contributed by atoms with E-state index in [0.717, 1.165) is 24.6 Å². The second-order valence-corrected chi connectivity index (χ2v) is 11.4. The summed E-state index contributed by atoms with van der Waals surface area (Å²) in [5.41, 5.74) is 0.259. The molecule has 0 radical (unpaired) electrons. The number of hydrogen-bond acceptors (Lipinski definition) is 4. The number of rotatable bonds is 4. The number of halogens is 6. The minimum atomic E-state index is -0.541. The first-order valence-electron chi connectivity index (χ1n) is 11.2. The monoisotopic (exact) mass is 639 g/mol. The Labute approximate surface area is 224 Å². The molecule has 0 unspecified atom stereocenters. The summed E-state index contributed by atoms with van der Waals surface area (Å²) in [7, 11) is 0. The third-order valence-corrected chi connectivity index (χ3v) is 7.75. The van der Waals surface area contributed by atoms with Crippen molar-refractivity contribution in [3.05, 3.63) is 67.6 Å². The highest BCUT2D eigenvalue weighted by Crippen LogP contribution is 2.23. The van der Waals surface area contributed by atoms with Crippen molar-refractivity contribution in [2.24, 2.45) is 0 Å². The number of carbonyl (C=O) groups excluding carboxylic acids is 1. The van der Waals surface area contributed by atoms with Crippen molar-refractivity contribution in [3.63, 3.8) is 0 Å². The molecule has 2 saturated heterocycles. The maximum absolute atomic E-state index is 13.7. The van der Waals surface area contributed by atoms with Crippen LogP contribution in [0.3, 0.4) is 0 Å². The van der Waals surface area contributed by atoms with Crippen LogP contribution >= 0.6 is 43.6 Å². The highest BCUT2D eigenvalue weighted by atomic mass is 79.9. The van der Waals surface area contributed by atoms with Gasteiger partial charge in [0.1, 0.15) is 23.3 Å². The molecule has 0 aromatic heterocycles. The van der Waals surface area contributed by atoms with E-state index >= 15 is 0 Å². The molecule has 0 aliphatic carbocycles. The topological polar surface area (TPSA) is 26.8 Å². The number of hydrogen-bond donors (Lipinski definition) is 0. The second kappa shape index (κ2) is 13.4. The molecular weight excluding hydrogens is 614 g/mol. The molecule has 0 N–H and O–H groups in total. The third kappa shape index (κ3) is 8.45. The van der Waals surface area contributed by atoms with Crippen LogP contribution in [0.5, 0.6) is 0 Å². The minimum Gasteiger partial charge on any atom is -0.340 e. The van der Waals surface area contributed by atoms with Crippen LogP contribution in [0.1, 0.15) is 18.1 Å². The lowest BCUT2D eigenvalue weighted by atomic mass is 10.1. The van der Waals surface area contributed by atoms with Gasteiger partial charge >= 0.3 is 0 Å². The van der Waals surface area contributed by atoms with Gasteiger partial charge in [0, 0.05) is 90.9 Å². The number of thioether (sulfide) groups is 1. The lowest BCUT2D eigenvalue weighted by Gasteiger charge is -2.34. The van der Waals surface area contributed by atoms with Gasteiger partial charge in [-0.2, -0.15) is 11.8 Å². The third-order valence-electron chi connectivity index (χ3n) is 5.90. The number of benzene rings is 2. The van der Waals surface area contributed by atoms with Crippen molar-refractivity contribution in [1.29, 1.82) is 0 Å². The first-order chi connectivity index (χ1) is 16.6. The SMILES string of the molecule is CC(=O)N1CCN(Cc2c(F)cc(Br)cc2F)CC1.Fc1cc(Br)cc(F)c1CN1CCSCC1. The van der Waals surface area contributed by atoms with Gasteiger partial charge in [-0.15, -0.1) is 0 Å². The van der Waals surface area contributed by atoms with Crippen molar-refractivity contribution in [3.8, 4) is 0 Å². The molecule has 2 aliphatic heterocycles. The molecule has 0 spiro atoms. The molecule has 11 heteroatoms. The summed E-state index contributed by atoms with van der Waals surface area (Å²) in [5.74, 6) is 0.108. The molecule has 4 nitrogen and oxygen atoms in total. The van der Waals surface area contributed by atoms with Gasteiger partial charge in [0.05, 0.1) is 0 Å². The van der Waals surface area contributed by atoms with Crippen molar-refractivity contribution >= 4 is 49.5 Å². The Balaban J connectivity index is 0.000000198. The van der Waals surface area contributed by atoms with Crippen LogP contribution in [0.25, 0.3) is 0 Å². The van der Waals surface area contributed by atoms with E-state index in [1.807, 2.05) is 16.7 Å². The summed E-state index contributed by atoms with van der Waals surface area (Å²) in [6.45, 7) is 6.42. The Morgan fingerprint density at radius 3 is 1.49 bits per heavy atom. The lowest BCUT2D eigenvalue weighted by molar-refractivity contribution is -0.130. The predicted octanol–water partition coefficient (Wildman–Crippen LogP) is 5.67. The first kappa shape index (κ1) is 28.4. The zero-order chi connectivity index (χ0) is 25.5. The van der Waals surface area contributed by atoms with Gasteiger partial charge in [-0.05, 0) is 24.3 Å². The lowest BCUT2D eigenvalue weighted by Crippen LogP contribution is -2.47. The van der Waals surface area contributed by atoms with Gasteiger partial charge in [-0.3, -0.25) is 14.6 Å². The summed E-state index contributed by atoms with van der Waals surface area (Å²) in [5, 5.41) is 0. The van der Waals surface area contributed by atoms with Crippen LogP contribution in [0, 0.1) is 23.3 Å². The quantitative estimate of drug-likeness (QED) is 0.403. The Hall–Kier alpha value is -1.14. The standard InChI is InChI=1S/C13H15BrF2N2O.C11H12BrF2NS/c1-9(19)18-4-2-17(3-5-18)8-11-12(15)6-10(14)7-13(11)16;12-8-5-10(13)9(11(14)6-8)7-15-1-3-16-4-2-15/h6-7H,2-5,8H2,1H3;5-6H,1-4,7H2. The van der Waals surface area contributed by atoms with Gasteiger partial charge in [0.2, 0.25) is 5.91 Å². The largest absolute Gasteiger partial charge is 0.340 e. The highest BCUT2D eigenvalue weighted by Gasteiger charge is 2.21. The summed E-state index contributed by atoms with van der Waals surface area (Å²) in [6, 6.07) is 5.17. The Morgan fingerprint density at radius 1 is 0.743 bits per heavy atom. The van der Waals surface area contributed by atoms with Crippen molar-refractivity contribution in [1.82, 2.24) is 14.7 Å². The van der Waals surface area contributed by atoms with Crippen LogP contribution in [0.15, 0.2) is 33.2 Å². The molecule has 0 bridgehead atoms. The van der Waals surface area contributed by atoms with E-state index in [-0.39, 0.29) is 23.6 Å². The summed E-state index contributed by atoms with van der Waals surface area (Å²) in [6.07, 6.45) is 0. The number of nitrogens with zero attached hydrogens (tertiary/aromatic N) is 3. The molecule has 192 valence electrons. The summed E-state index contributed by atoms with van der Waals surface area (Å²) in [4.78, 5) is 17.0. The molecule has 35 heavy (non-hydrogen) atoms. The van der Waals surface area contributed by atoms with Gasteiger partial charge in [0.25, 0.3) is 0 Å². The van der Waals surface area contributed by atoms with Gasteiger partial charge in [0.15, 0.2) is 0 Å². The van der Waals surface area contributed by atoms with Crippen LogP contribution in [-0.4, -0.2) is 71.4 Å². The van der Waals surface area contributed by atoms with E-state index in [4.69, 9.17) is 0 Å². The maximum atomic E-state index is 13.7. The number of carbonyl (C=O) groups is 1. The maximum Gasteiger partial charge on any atom is 0.219 e. The van der Waals surface area contributed by atoms with Gasteiger partial charge < -0.3 is 4.90 Å². The fourth-order valence-electron chi connectivity index (χ4n) is 3.87. The van der Waals surface area contributed by atoms with E-state index in [1.54, 1.807) is 4.90 Å². The Kier molecular flexibility index (Phi) is 10.9. The average molecular weight is 641 g/mol. The summed E-state index contributed by atoms with van der Waals surface area (Å²) >= 11 is 8.02. The van der Waals surface area contributed by atoms with Crippen LogP contribution < -0.4 is 0 Å². The van der Waals surface area contributed by atoms with E-state index in [9.17, 15) is 22.4 Å². The van der Waals surface area contributed by atoms with Crippen LogP contribution in [0.4, 0.5) is 17.6 Å². The minimum absolute atomic E-state index is 0.0423. The zero-order valence-electron chi connectivity index (χ0n) is 19.3. The van der Waals surface area contributed by atoms with E-state index in [1.165, 1.54) is 31.2 Å². The Morgan fingerprint density at radius 2 is 1.11 bits per heavy atom. The number of amides is 1. The van der Waals surface area contributed by atoms with Gasteiger partial charge in [-0.1, -0.05) is 31.9 Å². The predicted molar refractivity (Wildman–Crippen MR) is 138 cm³/mol. The van der Waals surface area contributed by atoms with Crippen LogP contribution in [-0.2, 0) is 17.9 Å². The fourth-order valence-corrected chi connectivity index (χ4v) is 5.66. The van der Waals surface area contributed by atoms with E-state index < -0.39 is 23.3 Å². The molecule has 4 rings (SSSR count). The van der Waals surface area contributed by atoms with Crippen molar-refractivity contribution in [2.45, 2.75) is 20.0 Å². The van der Waals surface area contributed by atoms with Crippen molar-refractivity contribution in [2.75, 3.05) is 50.8 Å². The van der Waals surface area contributed by atoms with Crippen molar-refractivity contribution < 1.29 is 22.4 Å². The first-order valence-corrected chi connectivity index (χ1v) is 13.9. The fraction of sp³-hybridized carbons (Fsp3) is 0.458. The average Bonchev–Trinajstić information content (AvgIpc) is 2.80. The normalized spacial score (nSPS) is 17.2. The molecule has 2 fully saturated rings.